The number of hydrogen-bond donors (Lipinski definition) is 0. The van der Waals surface area contributed by atoms with E-state index in [1.807, 2.05) is 48.5 Å². The van der Waals surface area contributed by atoms with Gasteiger partial charge in [-0.15, -0.1) is 0 Å². The maximum atomic E-state index is 5.94. The number of benzene rings is 3. The van der Waals surface area contributed by atoms with Crippen molar-refractivity contribution in [2.75, 3.05) is 0 Å². The van der Waals surface area contributed by atoms with Crippen molar-refractivity contribution in [3.8, 4) is 22.6 Å². The molecule has 0 N–H and O–H groups in total. The van der Waals surface area contributed by atoms with E-state index in [1.165, 1.54) is 11.1 Å². The number of halogens is 1. The monoisotopic (exact) mass is 280 g/mol. The molecule has 3 rings (SSSR count). The molecular weight excluding hydrogens is 268 g/mol. The van der Waals surface area contributed by atoms with Crippen molar-refractivity contribution in [2.24, 2.45) is 0 Å². The molecule has 98 valence electrons. The van der Waals surface area contributed by atoms with Crippen LogP contribution in [0.5, 0.6) is 11.5 Å². The average Bonchev–Trinajstić information content (AvgIpc) is 2.49. The second-order valence-electron chi connectivity index (χ2n) is 4.45. The first kappa shape index (κ1) is 12.8. The van der Waals surface area contributed by atoms with E-state index < -0.39 is 0 Å². The maximum absolute atomic E-state index is 5.94. The van der Waals surface area contributed by atoms with E-state index >= 15 is 0 Å². The van der Waals surface area contributed by atoms with E-state index in [0.29, 0.717) is 5.02 Å². The summed E-state index contributed by atoms with van der Waals surface area (Å²) in [6, 6.07) is 25.7. The zero-order chi connectivity index (χ0) is 13.8. The lowest BCUT2D eigenvalue weighted by molar-refractivity contribution is 0.483. The Morgan fingerprint density at radius 1 is 0.600 bits per heavy atom. The quantitative estimate of drug-likeness (QED) is 0.589. The molecule has 3 aromatic rings. The average molecular weight is 281 g/mol. The fourth-order valence-corrected chi connectivity index (χ4v) is 2.19. The molecular formula is C18H13ClO. The van der Waals surface area contributed by atoms with Crippen molar-refractivity contribution in [1.29, 1.82) is 0 Å². The van der Waals surface area contributed by atoms with Gasteiger partial charge >= 0.3 is 0 Å². The molecule has 0 amide bonds. The van der Waals surface area contributed by atoms with Gasteiger partial charge in [0, 0.05) is 5.02 Å². The van der Waals surface area contributed by atoms with E-state index in [0.717, 1.165) is 11.5 Å². The van der Waals surface area contributed by atoms with Gasteiger partial charge in [-0.2, -0.15) is 0 Å². The summed E-state index contributed by atoms with van der Waals surface area (Å²) in [6.07, 6.45) is 0. The molecule has 3 aromatic carbocycles. The Hall–Kier alpha value is -2.25. The van der Waals surface area contributed by atoms with Gasteiger partial charge in [0.05, 0.1) is 0 Å². The Labute approximate surface area is 123 Å². The van der Waals surface area contributed by atoms with Gasteiger partial charge in [0.25, 0.3) is 0 Å². The molecule has 0 aliphatic heterocycles. The summed E-state index contributed by atoms with van der Waals surface area (Å²) in [4.78, 5) is 0. The molecule has 0 bridgehead atoms. The molecule has 2 heteroatoms. The van der Waals surface area contributed by atoms with Crippen molar-refractivity contribution < 1.29 is 4.74 Å². The van der Waals surface area contributed by atoms with Gasteiger partial charge in [0.15, 0.2) is 0 Å². The van der Waals surface area contributed by atoms with Gasteiger partial charge in [-0.3, -0.25) is 0 Å². The third-order valence-electron chi connectivity index (χ3n) is 2.99. The van der Waals surface area contributed by atoms with Gasteiger partial charge in [-0.25, -0.2) is 0 Å². The standard InChI is InChI=1S/C18H13ClO/c19-16-7-4-8-18(13-16)20-17-11-9-15(10-12-17)14-5-2-1-3-6-14/h1-13H. The minimum Gasteiger partial charge on any atom is -0.457 e. The summed E-state index contributed by atoms with van der Waals surface area (Å²) < 4.78 is 5.77. The summed E-state index contributed by atoms with van der Waals surface area (Å²) in [5.41, 5.74) is 2.37. The molecule has 0 heterocycles. The van der Waals surface area contributed by atoms with Crippen LogP contribution >= 0.6 is 11.6 Å². The second-order valence-corrected chi connectivity index (χ2v) is 4.89. The number of rotatable bonds is 3. The SMILES string of the molecule is Clc1cccc(Oc2ccc(-c3ccccc3)cc2)c1. The zero-order valence-corrected chi connectivity index (χ0v) is 11.5. The third-order valence-corrected chi connectivity index (χ3v) is 3.23. The van der Waals surface area contributed by atoms with Crippen molar-refractivity contribution in [1.82, 2.24) is 0 Å². The molecule has 0 aliphatic carbocycles. The topological polar surface area (TPSA) is 9.23 Å². The van der Waals surface area contributed by atoms with Gasteiger partial charge in [0.1, 0.15) is 11.5 Å². The molecule has 0 aromatic heterocycles. The van der Waals surface area contributed by atoms with Crippen molar-refractivity contribution in [3.63, 3.8) is 0 Å². The second kappa shape index (κ2) is 5.81. The van der Waals surface area contributed by atoms with Crippen molar-refractivity contribution in [3.05, 3.63) is 83.9 Å². The Morgan fingerprint density at radius 2 is 1.30 bits per heavy atom. The molecule has 0 unspecified atom stereocenters. The van der Waals surface area contributed by atoms with Crippen LogP contribution in [0, 0.1) is 0 Å². The highest BCUT2D eigenvalue weighted by atomic mass is 35.5. The first-order chi connectivity index (χ1) is 9.81. The minimum absolute atomic E-state index is 0.670. The Balaban J connectivity index is 1.80. The summed E-state index contributed by atoms with van der Waals surface area (Å²) >= 11 is 5.94. The van der Waals surface area contributed by atoms with Crippen LogP contribution in [-0.2, 0) is 0 Å². The van der Waals surface area contributed by atoms with Gasteiger partial charge in [-0.05, 0) is 41.5 Å². The minimum atomic E-state index is 0.670. The highest BCUT2D eigenvalue weighted by Crippen LogP contribution is 2.27. The molecule has 20 heavy (non-hydrogen) atoms. The predicted molar refractivity (Wildman–Crippen MR) is 83.4 cm³/mol. The van der Waals surface area contributed by atoms with E-state index in [9.17, 15) is 0 Å². The summed E-state index contributed by atoms with van der Waals surface area (Å²) in [5, 5.41) is 0.670. The first-order valence-electron chi connectivity index (χ1n) is 6.40. The van der Waals surface area contributed by atoms with Crippen LogP contribution in [0.2, 0.25) is 5.02 Å². The summed E-state index contributed by atoms with van der Waals surface area (Å²) in [6.45, 7) is 0. The van der Waals surface area contributed by atoms with Crippen LogP contribution in [0.15, 0.2) is 78.9 Å². The van der Waals surface area contributed by atoms with Gasteiger partial charge in [0.2, 0.25) is 0 Å². The number of hydrogen-bond acceptors (Lipinski definition) is 1. The smallest absolute Gasteiger partial charge is 0.128 e. The first-order valence-corrected chi connectivity index (χ1v) is 6.78. The fraction of sp³-hybridized carbons (Fsp3) is 0. The lowest BCUT2D eigenvalue weighted by Gasteiger charge is -2.07. The van der Waals surface area contributed by atoms with Crippen molar-refractivity contribution >= 4 is 11.6 Å². The van der Waals surface area contributed by atoms with E-state index in [2.05, 4.69) is 24.3 Å². The normalized spacial score (nSPS) is 10.2. The van der Waals surface area contributed by atoms with E-state index in [4.69, 9.17) is 16.3 Å². The maximum Gasteiger partial charge on any atom is 0.128 e. The fourth-order valence-electron chi connectivity index (χ4n) is 2.01. The van der Waals surface area contributed by atoms with E-state index in [-0.39, 0.29) is 0 Å². The van der Waals surface area contributed by atoms with Crippen LogP contribution in [0.25, 0.3) is 11.1 Å². The lowest BCUT2D eigenvalue weighted by Crippen LogP contribution is -1.84. The van der Waals surface area contributed by atoms with Gasteiger partial charge in [-0.1, -0.05) is 60.1 Å². The zero-order valence-electron chi connectivity index (χ0n) is 10.8. The number of ether oxygens (including phenoxy) is 1. The predicted octanol–water partition coefficient (Wildman–Crippen LogP) is 5.80. The Bertz CT molecular complexity index is 690. The Morgan fingerprint density at radius 3 is 2.00 bits per heavy atom. The summed E-state index contributed by atoms with van der Waals surface area (Å²) in [5.74, 6) is 1.54. The van der Waals surface area contributed by atoms with Crippen LogP contribution in [0.3, 0.4) is 0 Å². The van der Waals surface area contributed by atoms with Crippen LogP contribution in [0.1, 0.15) is 0 Å². The highest BCUT2D eigenvalue weighted by molar-refractivity contribution is 6.30. The van der Waals surface area contributed by atoms with Crippen LogP contribution in [0.4, 0.5) is 0 Å². The molecule has 0 aliphatic rings. The molecule has 1 nitrogen and oxygen atoms in total. The molecule has 0 radical (unpaired) electrons. The summed E-state index contributed by atoms with van der Waals surface area (Å²) in [7, 11) is 0. The Kier molecular flexibility index (Phi) is 3.71. The lowest BCUT2D eigenvalue weighted by atomic mass is 10.1. The van der Waals surface area contributed by atoms with E-state index in [1.54, 1.807) is 6.07 Å². The van der Waals surface area contributed by atoms with Gasteiger partial charge < -0.3 is 4.74 Å². The molecule has 0 spiro atoms. The molecule has 0 fully saturated rings. The largest absolute Gasteiger partial charge is 0.457 e. The van der Waals surface area contributed by atoms with Crippen LogP contribution in [-0.4, -0.2) is 0 Å². The molecule has 0 saturated heterocycles. The molecule has 0 saturated carbocycles. The molecule has 0 atom stereocenters. The van der Waals surface area contributed by atoms with Crippen LogP contribution < -0.4 is 4.74 Å². The highest BCUT2D eigenvalue weighted by Gasteiger charge is 2.00. The third kappa shape index (κ3) is 3.01. The van der Waals surface area contributed by atoms with Crippen molar-refractivity contribution in [2.45, 2.75) is 0 Å².